The Hall–Kier alpha value is -2.37. The topological polar surface area (TPSA) is 46.1 Å². The number of anilines is 1. The van der Waals surface area contributed by atoms with Crippen molar-refractivity contribution in [1.82, 2.24) is 9.97 Å². The first-order chi connectivity index (χ1) is 10.6. The number of halogens is 2. The van der Waals surface area contributed by atoms with Gasteiger partial charge in [-0.1, -0.05) is 0 Å². The molecule has 114 valence electrons. The van der Waals surface area contributed by atoms with Crippen LogP contribution in [0, 0.1) is 17.6 Å². The van der Waals surface area contributed by atoms with Gasteiger partial charge < -0.3 is 4.90 Å². The SMILES string of the molecule is O=C(c1cc(F)ccc1F)C1CCN(c2ncccn2)CC1. The summed E-state index contributed by atoms with van der Waals surface area (Å²) in [6.07, 6.45) is 4.49. The molecule has 1 aliphatic rings. The number of piperidine rings is 1. The summed E-state index contributed by atoms with van der Waals surface area (Å²) in [5.41, 5.74) is -0.158. The second kappa shape index (κ2) is 6.17. The van der Waals surface area contributed by atoms with Crippen LogP contribution in [0.25, 0.3) is 0 Å². The third-order valence-corrected chi connectivity index (χ3v) is 3.89. The number of Topliss-reactive ketones (excluding diaryl/α,β-unsaturated/α-hetero) is 1. The van der Waals surface area contributed by atoms with E-state index in [0.29, 0.717) is 31.9 Å². The number of carbonyl (C=O) groups excluding carboxylic acids is 1. The van der Waals surface area contributed by atoms with Crippen LogP contribution in [0.2, 0.25) is 0 Å². The van der Waals surface area contributed by atoms with Crippen LogP contribution in [-0.4, -0.2) is 28.8 Å². The monoisotopic (exact) mass is 303 g/mol. The molecule has 0 aliphatic carbocycles. The summed E-state index contributed by atoms with van der Waals surface area (Å²) in [6.45, 7) is 1.24. The number of carbonyl (C=O) groups is 1. The smallest absolute Gasteiger partial charge is 0.225 e. The van der Waals surface area contributed by atoms with E-state index in [-0.39, 0.29) is 17.3 Å². The fourth-order valence-corrected chi connectivity index (χ4v) is 2.70. The largest absolute Gasteiger partial charge is 0.341 e. The Kier molecular flexibility index (Phi) is 4.09. The summed E-state index contributed by atoms with van der Waals surface area (Å²) in [4.78, 5) is 22.7. The lowest BCUT2D eigenvalue weighted by Crippen LogP contribution is -2.37. The fraction of sp³-hybridized carbons (Fsp3) is 0.312. The summed E-state index contributed by atoms with van der Waals surface area (Å²) >= 11 is 0. The van der Waals surface area contributed by atoms with E-state index in [2.05, 4.69) is 9.97 Å². The second-order valence-corrected chi connectivity index (χ2v) is 5.30. The van der Waals surface area contributed by atoms with Crippen LogP contribution in [0.4, 0.5) is 14.7 Å². The minimum atomic E-state index is -0.666. The van der Waals surface area contributed by atoms with Crippen LogP contribution in [-0.2, 0) is 0 Å². The molecule has 2 heterocycles. The van der Waals surface area contributed by atoms with Gasteiger partial charge in [0.15, 0.2) is 5.78 Å². The highest BCUT2D eigenvalue weighted by Gasteiger charge is 2.28. The molecule has 1 aromatic carbocycles. The molecule has 0 saturated carbocycles. The fourth-order valence-electron chi connectivity index (χ4n) is 2.70. The predicted molar refractivity (Wildman–Crippen MR) is 77.7 cm³/mol. The minimum Gasteiger partial charge on any atom is -0.341 e. The lowest BCUT2D eigenvalue weighted by molar-refractivity contribution is 0.0895. The summed E-state index contributed by atoms with van der Waals surface area (Å²) in [6, 6.07) is 4.73. The number of benzene rings is 1. The average molecular weight is 303 g/mol. The minimum absolute atomic E-state index is 0.158. The molecule has 0 N–H and O–H groups in total. The molecule has 1 saturated heterocycles. The average Bonchev–Trinajstić information content (AvgIpc) is 2.57. The molecule has 0 amide bonds. The highest BCUT2D eigenvalue weighted by Crippen LogP contribution is 2.25. The Balaban J connectivity index is 1.68. The third-order valence-electron chi connectivity index (χ3n) is 3.89. The van der Waals surface area contributed by atoms with Gasteiger partial charge in [-0.05, 0) is 37.1 Å². The Morgan fingerprint density at radius 3 is 2.50 bits per heavy atom. The molecule has 0 spiro atoms. The van der Waals surface area contributed by atoms with E-state index in [9.17, 15) is 13.6 Å². The van der Waals surface area contributed by atoms with Gasteiger partial charge in [-0.25, -0.2) is 18.7 Å². The molecule has 0 bridgehead atoms. The molecular weight excluding hydrogens is 288 g/mol. The first kappa shape index (κ1) is 14.6. The van der Waals surface area contributed by atoms with E-state index in [0.717, 1.165) is 18.2 Å². The molecule has 4 nitrogen and oxygen atoms in total. The molecule has 0 unspecified atom stereocenters. The van der Waals surface area contributed by atoms with Gasteiger partial charge in [0, 0.05) is 31.4 Å². The van der Waals surface area contributed by atoms with Crippen molar-refractivity contribution in [2.75, 3.05) is 18.0 Å². The predicted octanol–water partition coefficient (Wildman–Crippen LogP) is 2.85. The van der Waals surface area contributed by atoms with Crippen molar-refractivity contribution in [3.63, 3.8) is 0 Å². The number of ketones is 1. The van der Waals surface area contributed by atoms with E-state index in [1.165, 1.54) is 0 Å². The zero-order valence-electron chi connectivity index (χ0n) is 11.9. The molecule has 0 radical (unpaired) electrons. The molecule has 22 heavy (non-hydrogen) atoms. The molecular formula is C16H15F2N3O. The van der Waals surface area contributed by atoms with Crippen LogP contribution in [0.15, 0.2) is 36.7 Å². The van der Waals surface area contributed by atoms with Gasteiger partial charge in [-0.15, -0.1) is 0 Å². The highest BCUT2D eigenvalue weighted by atomic mass is 19.1. The van der Waals surface area contributed by atoms with Gasteiger partial charge in [0.2, 0.25) is 5.95 Å². The van der Waals surface area contributed by atoms with Gasteiger partial charge in [-0.2, -0.15) is 0 Å². The Morgan fingerprint density at radius 2 is 1.82 bits per heavy atom. The van der Waals surface area contributed by atoms with Crippen molar-refractivity contribution in [3.05, 3.63) is 53.9 Å². The van der Waals surface area contributed by atoms with Crippen molar-refractivity contribution >= 4 is 11.7 Å². The van der Waals surface area contributed by atoms with Crippen LogP contribution in [0.5, 0.6) is 0 Å². The lowest BCUT2D eigenvalue weighted by Gasteiger charge is -2.31. The first-order valence-corrected chi connectivity index (χ1v) is 7.16. The van der Waals surface area contributed by atoms with Crippen molar-refractivity contribution < 1.29 is 13.6 Å². The summed E-state index contributed by atoms with van der Waals surface area (Å²) in [7, 11) is 0. The Bertz CT molecular complexity index is 670. The maximum Gasteiger partial charge on any atom is 0.225 e. The molecule has 1 aromatic heterocycles. The van der Waals surface area contributed by atoms with E-state index in [4.69, 9.17) is 0 Å². The molecule has 6 heteroatoms. The van der Waals surface area contributed by atoms with Gasteiger partial charge in [0.05, 0.1) is 5.56 Å². The molecule has 0 atom stereocenters. The van der Waals surface area contributed by atoms with E-state index < -0.39 is 11.6 Å². The quantitative estimate of drug-likeness (QED) is 0.818. The number of hydrogen-bond donors (Lipinski definition) is 0. The molecule has 2 aromatic rings. The summed E-state index contributed by atoms with van der Waals surface area (Å²) in [5.74, 6) is -1.26. The van der Waals surface area contributed by atoms with Crippen molar-refractivity contribution in [1.29, 1.82) is 0 Å². The number of nitrogens with zero attached hydrogens (tertiary/aromatic N) is 3. The van der Waals surface area contributed by atoms with Crippen LogP contribution in [0.1, 0.15) is 23.2 Å². The van der Waals surface area contributed by atoms with Gasteiger partial charge in [0.25, 0.3) is 0 Å². The third kappa shape index (κ3) is 2.95. The number of hydrogen-bond acceptors (Lipinski definition) is 4. The summed E-state index contributed by atoms with van der Waals surface area (Å²) < 4.78 is 26.9. The van der Waals surface area contributed by atoms with Crippen LogP contribution >= 0.6 is 0 Å². The highest BCUT2D eigenvalue weighted by molar-refractivity contribution is 5.98. The standard InChI is InChI=1S/C16H15F2N3O/c17-12-2-3-14(18)13(10-12)15(22)11-4-8-21(9-5-11)16-19-6-1-7-20-16/h1-3,6-7,10-11H,4-5,8-9H2. The van der Waals surface area contributed by atoms with Gasteiger partial charge in [0.1, 0.15) is 11.6 Å². The maximum atomic E-state index is 13.7. The van der Waals surface area contributed by atoms with Crippen molar-refractivity contribution in [2.24, 2.45) is 5.92 Å². The van der Waals surface area contributed by atoms with Crippen molar-refractivity contribution in [3.8, 4) is 0 Å². The lowest BCUT2D eigenvalue weighted by atomic mass is 9.88. The summed E-state index contributed by atoms with van der Waals surface area (Å²) in [5, 5.41) is 0. The number of rotatable bonds is 3. The van der Waals surface area contributed by atoms with E-state index >= 15 is 0 Å². The maximum absolute atomic E-state index is 13.7. The van der Waals surface area contributed by atoms with Gasteiger partial charge >= 0.3 is 0 Å². The number of aromatic nitrogens is 2. The molecule has 3 rings (SSSR count). The van der Waals surface area contributed by atoms with Crippen LogP contribution in [0.3, 0.4) is 0 Å². The Morgan fingerprint density at radius 1 is 1.14 bits per heavy atom. The normalized spacial score (nSPS) is 15.8. The molecule has 1 aliphatic heterocycles. The first-order valence-electron chi connectivity index (χ1n) is 7.16. The zero-order valence-corrected chi connectivity index (χ0v) is 11.9. The van der Waals surface area contributed by atoms with Crippen molar-refractivity contribution in [2.45, 2.75) is 12.8 Å². The second-order valence-electron chi connectivity index (χ2n) is 5.30. The molecule has 1 fully saturated rings. The van der Waals surface area contributed by atoms with Crippen LogP contribution < -0.4 is 4.90 Å². The Labute approximate surface area is 126 Å². The van der Waals surface area contributed by atoms with E-state index in [1.54, 1.807) is 18.5 Å². The van der Waals surface area contributed by atoms with Gasteiger partial charge in [-0.3, -0.25) is 4.79 Å². The van der Waals surface area contributed by atoms with E-state index in [1.807, 2.05) is 4.90 Å². The zero-order chi connectivity index (χ0) is 15.5.